The molecule has 2 N–H and O–H groups in total. The van der Waals surface area contributed by atoms with Crippen LogP contribution in [0.15, 0.2) is 18.2 Å². The Balaban J connectivity index is 2.36. The topological polar surface area (TPSA) is 87.7 Å². The largest absolute Gasteiger partial charge is 0.444 e. The SMILES string of the molecule is CCCC(C)NC(=O)C(c1cccc(C)c1C)N(C(=O)CNC(=O)OC(C)(C)C)C1CC1C. The van der Waals surface area contributed by atoms with Gasteiger partial charge in [-0.25, -0.2) is 4.79 Å². The van der Waals surface area contributed by atoms with E-state index in [2.05, 4.69) is 24.5 Å². The molecule has 1 aliphatic carbocycles. The Morgan fingerprint density at radius 1 is 1.21 bits per heavy atom. The first-order valence-electron chi connectivity index (χ1n) is 12.0. The molecule has 1 saturated carbocycles. The predicted molar refractivity (Wildman–Crippen MR) is 130 cm³/mol. The highest BCUT2D eigenvalue weighted by Gasteiger charge is 2.46. The number of carbonyl (C=O) groups excluding carboxylic acids is 3. The first kappa shape index (κ1) is 26.7. The first-order valence-corrected chi connectivity index (χ1v) is 12.0. The first-order chi connectivity index (χ1) is 15.4. The lowest BCUT2D eigenvalue weighted by atomic mass is 9.95. The fourth-order valence-corrected chi connectivity index (χ4v) is 4.08. The van der Waals surface area contributed by atoms with Crippen molar-refractivity contribution in [3.8, 4) is 0 Å². The Morgan fingerprint density at radius 2 is 1.85 bits per heavy atom. The van der Waals surface area contributed by atoms with Crippen molar-refractivity contribution in [2.24, 2.45) is 5.92 Å². The summed E-state index contributed by atoms with van der Waals surface area (Å²) >= 11 is 0. The number of carbonyl (C=O) groups is 3. The number of hydrogen-bond acceptors (Lipinski definition) is 4. The van der Waals surface area contributed by atoms with Gasteiger partial charge < -0.3 is 20.3 Å². The molecule has 2 rings (SSSR count). The summed E-state index contributed by atoms with van der Waals surface area (Å²) in [5, 5.41) is 5.68. The molecule has 1 aromatic rings. The van der Waals surface area contributed by atoms with E-state index >= 15 is 0 Å². The van der Waals surface area contributed by atoms with Crippen molar-refractivity contribution in [1.82, 2.24) is 15.5 Å². The van der Waals surface area contributed by atoms with Crippen LogP contribution in [0.25, 0.3) is 0 Å². The van der Waals surface area contributed by atoms with E-state index in [0.29, 0.717) is 5.92 Å². The molecule has 3 amide bonds. The third-order valence-corrected chi connectivity index (χ3v) is 6.07. The maximum atomic E-state index is 13.6. The summed E-state index contributed by atoms with van der Waals surface area (Å²) in [6, 6.07) is 5.05. The second-order valence-corrected chi connectivity index (χ2v) is 10.3. The van der Waals surface area contributed by atoms with Crippen molar-refractivity contribution >= 4 is 17.9 Å². The second kappa shape index (κ2) is 11.0. The fraction of sp³-hybridized carbons (Fsp3) is 0.654. The molecule has 184 valence electrons. The maximum Gasteiger partial charge on any atom is 0.408 e. The molecule has 4 unspecified atom stereocenters. The van der Waals surface area contributed by atoms with E-state index in [1.54, 1.807) is 25.7 Å². The van der Waals surface area contributed by atoms with Gasteiger partial charge >= 0.3 is 6.09 Å². The van der Waals surface area contributed by atoms with E-state index in [-0.39, 0.29) is 30.4 Å². The van der Waals surface area contributed by atoms with Crippen LogP contribution in [0, 0.1) is 19.8 Å². The molecule has 0 heterocycles. The van der Waals surface area contributed by atoms with Crippen LogP contribution in [0.4, 0.5) is 4.79 Å². The van der Waals surface area contributed by atoms with Crippen molar-refractivity contribution < 1.29 is 19.1 Å². The lowest BCUT2D eigenvalue weighted by molar-refractivity contribution is -0.141. The van der Waals surface area contributed by atoms with Crippen LogP contribution in [-0.2, 0) is 14.3 Å². The molecular weight excluding hydrogens is 418 g/mol. The van der Waals surface area contributed by atoms with Crippen molar-refractivity contribution in [3.63, 3.8) is 0 Å². The summed E-state index contributed by atoms with van der Waals surface area (Å²) in [6.07, 6.45) is 2.00. The number of aryl methyl sites for hydroxylation is 1. The Hall–Kier alpha value is -2.57. The number of rotatable bonds is 9. The van der Waals surface area contributed by atoms with Crippen molar-refractivity contribution in [1.29, 1.82) is 0 Å². The summed E-state index contributed by atoms with van der Waals surface area (Å²) < 4.78 is 5.27. The molecule has 7 nitrogen and oxygen atoms in total. The summed E-state index contributed by atoms with van der Waals surface area (Å²) in [7, 11) is 0. The normalized spacial score (nSPS) is 19.3. The average molecular weight is 460 g/mol. The molecule has 0 aliphatic heterocycles. The quantitative estimate of drug-likeness (QED) is 0.573. The van der Waals surface area contributed by atoms with Gasteiger partial charge in [-0.05, 0) is 77.0 Å². The molecule has 1 aromatic carbocycles. The highest BCUT2D eigenvalue weighted by atomic mass is 16.6. The summed E-state index contributed by atoms with van der Waals surface area (Å²) in [5.41, 5.74) is 2.22. The van der Waals surface area contributed by atoms with Gasteiger partial charge in [0.05, 0.1) is 0 Å². The number of alkyl carbamates (subject to hydrolysis) is 1. The average Bonchev–Trinajstić information content (AvgIpc) is 3.41. The van der Waals surface area contributed by atoms with Crippen LogP contribution in [0.1, 0.15) is 83.5 Å². The van der Waals surface area contributed by atoms with E-state index in [9.17, 15) is 14.4 Å². The summed E-state index contributed by atoms with van der Waals surface area (Å²) in [6.45, 7) is 15.2. The van der Waals surface area contributed by atoms with Crippen LogP contribution in [0.3, 0.4) is 0 Å². The lowest BCUT2D eigenvalue weighted by Crippen LogP contribution is -2.50. The molecule has 7 heteroatoms. The molecule has 1 fully saturated rings. The van der Waals surface area contributed by atoms with Crippen molar-refractivity contribution in [2.75, 3.05) is 6.54 Å². The Bertz CT molecular complexity index is 862. The van der Waals surface area contributed by atoms with E-state index in [4.69, 9.17) is 4.74 Å². The minimum atomic E-state index is -0.757. The summed E-state index contributed by atoms with van der Waals surface area (Å²) in [4.78, 5) is 40.8. The number of benzene rings is 1. The molecule has 33 heavy (non-hydrogen) atoms. The Morgan fingerprint density at radius 3 is 2.39 bits per heavy atom. The highest BCUT2D eigenvalue weighted by Crippen LogP contribution is 2.41. The van der Waals surface area contributed by atoms with Gasteiger partial charge in [0.1, 0.15) is 18.2 Å². The van der Waals surface area contributed by atoms with E-state index in [1.807, 2.05) is 39.0 Å². The van der Waals surface area contributed by atoms with Crippen molar-refractivity contribution in [3.05, 3.63) is 34.9 Å². The zero-order valence-corrected chi connectivity index (χ0v) is 21.5. The van der Waals surface area contributed by atoms with Crippen LogP contribution >= 0.6 is 0 Å². The van der Waals surface area contributed by atoms with Crippen LogP contribution in [0.2, 0.25) is 0 Å². The van der Waals surface area contributed by atoms with Gasteiger partial charge in [0.25, 0.3) is 0 Å². The minimum absolute atomic E-state index is 0.00332. The Labute approximate surface area is 198 Å². The molecular formula is C26H41N3O4. The minimum Gasteiger partial charge on any atom is -0.444 e. The van der Waals surface area contributed by atoms with Gasteiger partial charge in [-0.2, -0.15) is 0 Å². The molecule has 0 saturated heterocycles. The van der Waals surface area contributed by atoms with Gasteiger partial charge in [0, 0.05) is 12.1 Å². The predicted octanol–water partition coefficient (Wildman–Crippen LogP) is 4.41. The van der Waals surface area contributed by atoms with Gasteiger partial charge in [-0.3, -0.25) is 9.59 Å². The van der Waals surface area contributed by atoms with Gasteiger partial charge in [-0.1, -0.05) is 38.5 Å². The molecule has 0 radical (unpaired) electrons. The van der Waals surface area contributed by atoms with Gasteiger partial charge in [-0.15, -0.1) is 0 Å². The third kappa shape index (κ3) is 7.47. The third-order valence-electron chi connectivity index (χ3n) is 6.07. The van der Waals surface area contributed by atoms with Crippen LogP contribution in [0.5, 0.6) is 0 Å². The van der Waals surface area contributed by atoms with E-state index in [1.165, 1.54) is 0 Å². The zero-order chi connectivity index (χ0) is 24.9. The second-order valence-electron chi connectivity index (χ2n) is 10.3. The molecule has 0 aromatic heterocycles. The van der Waals surface area contributed by atoms with E-state index < -0.39 is 17.7 Å². The van der Waals surface area contributed by atoms with Gasteiger partial charge in [0.2, 0.25) is 11.8 Å². The fourth-order valence-electron chi connectivity index (χ4n) is 4.08. The Kier molecular flexibility index (Phi) is 8.92. The summed E-state index contributed by atoms with van der Waals surface area (Å²) in [5.74, 6) is -0.183. The number of nitrogens with zero attached hydrogens (tertiary/aromatic N) is 1. The standard InChI is InChI=1S/C26H41N3O4/c1-9-11-18(4)28-24(31)23(20-13-10-12-16(2)19(20)5)29(21-14-17(21)3)22(30)15-27-25(32)33-26(6,7)8/h10,12-13,17-18,21,23H,9,11,14-15H2,1-8H3,(H,27,32)(H,28,31). The number of ether oxygens (including phenoxy) is 1. The van der Waals surface area contributed by atoms with E-state index in [0.717, 1.165) is 36.0 Å². The lowest BCUT2D eigenvalue weighted by Gasteiger charge is -2.34. The van der Waals surface area contributed by atoms with Crippen molar-refractivity contribution in [2.45, 2.75) is 98.4 Å². The van der Waals surface area contributed by atoms with Crippen LogP contribution < -0.4 is 10.6 Å². The molecule has 0 bridgehead atoms. The smallest absolute Gasteiger partial charge is 0.408 e. The maximum absolute atomic E-state index is 13.6. The monoisotopic (exact) mass is 459 g/mol. The van der Waals surface area contributed by atoms with Gasteiger partial charge in [0.15, 0.2) is 0 Å². The zero-order valence-electron chi connectivity index (χ0n) is 21.5. The number of hydrogen-bond donors (Lipinski definition) is 2. The molecule has 1 aliphatic rings. The van der Waals surface area contributed by atoms with Crippen LogP contribution in [-0.4, -0.2) is 47.0 Å². The number of amides is 3. The number of nitrogens with one attached hydrogen (secondary N) is 2. The molecule has 0 spiro atoms. The molecule has 4 atom stereocenters. The highest BCUT2D eigenvalue weighted by molar-refractivity contribution is 5.91.